The second-order valence-electron chi connectivity index (χ2n) is 6.01. The molecule has 0 saturated carbocycles. The lowest BCUT2D eigenvalue weighted by Crippen LogP contribution is -2.22. The summed E-state index contributed by atoms with van der Waals surface area (Å²) < 4.78 is 0. The molecule has 2 aromatic rings. The molecule has 166 valence electrons. The van der Waals surface area contributed by atoms with Gasteiger partial charge in [0.1, 0.15) is 0 Å². The SMILES string of the molecule is O=C(CCC(=O)N/N=C/c1cc([N+](=O)[O-])ccc1Cl)N/N=C/c1cc([N+](=O)[O-])ccc1Cl. The minimum absolute atomic E-state index is 0.189. The molecule has 2 aromatic carbocycles. The summed E-state index contributed by atoms with van der Waals surface area (Å²) >= 11 is 11.8. The molecule has 0 bridgehead atoms. The van der Waals surface area contributed by atoms with E-state index in [1.54, 1.807) is 0 Å². The first-order valence-corrected chi connectivity index (χ1v) is 9.44. The number of carbonyl (C=O) groups excluding carboxylic acids is 2. The third kappa shape index (κ3) is 7.41. The first-order chi connectivity index (χ1) is 15.2. The summed E-state index contributed by atoms with van der Waals surface area (Å²) in [6.45, 7) is 0. The van der Waals surface area contributed by atoms with Crippen LogP contribution in [-0.2, 0) is 9.59 Å². The van der Waals surface area contributed by atoms with E-state index in [1.807, 2.05) is 0 Å². The van der Waals surface area contributed by atoms with E-state index in [0.717, 1.165) is 12.4 Å². The Morgan fingerprint density at radius 3 is 1.53 bits per heavy atom. The largest absolute Gasteiger partial charge is 0.273 e. The lowest BCUT2D eigenvalue weighted by atomic mass is 10.2. The van der Waals surface area contributed by atoms with E-state index in [0.29, 0.717) is 0 Å². The van der Waals surface area contributed by atoms with Gasteiger partial charge in [0.05, 0.1) is 22.3 Å². The molecule has 14 heteroatoms. The Kier molecular flexibility index (Phi) is 8.74. The predicted molar refractivity (Wildman–Crippen MR) is 117 cm³/mol. The number of hydrazone groups is 2. The highest BCUT2D eigenvalue weighted by Gasteiger charge is 2.10. The standard InChI is InChI=1S/C18H14Cl2N6O6/c19-15-3-1-13(25(29)30)7-11(15)9-21-23-17(27)5-6-18(28)24-22-10-12-8-14(26(31)32)2-4-16(12)20/h1-4,7-10H,5-6H2,(H,23,27)(H,24,28)/b21-9+,22-10+. The molecule has 2 rings (SSSR count). The quantitative estimate of drug-likeness (QED) is 0.317. The fourth-order valence-electron chi connectivity index (χ4n) is 2.17. The van der Waals surface area contributed by atoms with Crippen molar-refractivity contribution in [2.24, 2.45) is 10.2 Å². The van der Waals surface area contributed by atoms with Crippen LogP contribution in [0.5, 0.6) is 0 Å². The molecule has 0 fully saturated rings. The number of amides is 2. The summed E-state index contributed by atoms with van der Waals surface area (Å²) in [5.41, 5.74) is 4.42. The molecule has 0 unspecified atom stereocenters. The molecule has 0 spiro atoms. The van der Waals surface area contributed by atoms with Crippen LogP contribution in [0.25, 0.3) is 0 Å². The fourth-order valence-corrected chi connectivity index (χ4v) is 2.51. The number of rotatable bonds is 9. The Balaban J connectivity index is 1.82. The van der Waals surface area contributed by atoms with Crippen LogP contribution < -0.4 is 10.9 Å². The van der Waals surface area contributed by atoms with Crippen molar-refractivity contribution in [2.45, 2.75) is 12.8 Å². The summed E-state index contributed by atoms with van der Waals surface area (Å²) in [6.07, 6.45) is 1.83. The number of non-ortho nitro benzene ring substituents is 2. The number of carbonyl (C=O) groups is 2. The second-order valence-corrected chi connectivity index (χ2v) is 6.83. The summed E-state index contributed by atoms with van der Waals surface area (Å²) in [5, 5.41) is 29.3. The molecule has 0 aromatic heterocycles. The second kappa shape index (κ2) is 11.5. The molecule has 0 atom stereocenters. The predicted octanol–water partition coefficient (Wildman–Crippen LogP) is 3.19. The molecule has 0 aliphatic carbocycles. The van der Waals surface area contributed by atoms with E-state index in [1.165, 1.54) is 36.4 Å². The van der Waals surface area contributed by atoms with Gasteiger partial charge in [-0.3, -0.25) is 29.8 Å². The molecular weight excluding hydrogens is 467 g/mol. The molecule has 0 saturated heterocycles. The van der Waals surface area contributed by atoms with Crippen molar-refractivity contribution in [3.63, 3.8) is 0 Å². The summed E-state index contributed by atoms with van der Waals surface area (Å²) in [6, 6.07) is 7.50. The fraction of sp³-hybridized carbons (Fsp3) is 0.111. The Morgan fingerprint density at radius 2 is 1.19 bits per heavy atom. The van der Waals surface area contributed by atoms with E-state index in [-0.39, 0.29) is 45.4 Å². The lowest BCUT2D eigenvalue weighted by molar-refractivity contribution is -0.385. The maximum absolute atomic E-state index is 11.8. The zero-order chi connectivity index (χ0) is 23.7. The maximum atomic E-state index is 11.8. The highest BCUT2D eigenvalue weighted by Crippen LogP contribution is 2.21. The van der Waals surface area contributed by atoms with Crippen molar-refractivity contribution in [1.82, 2.24) is 10.9 Å². The van der Waals surface area contributed by atoms with Crippen LogP contribution in [0.3, 0.4) is 0 Å². The highest BCUT2D eigenvalue weighted by atomic mass is 35.5. The number of nitrogens with zero attached hydrogens (tertiary/aromatic N) is 4. The van der Waals surface area contributed by atoms with Crippen LogP contribution in [-0.4, -0.2) is 34.1 Å². The smallest absolute Gasteiger partial charge is 0.270 e. The monoisotopic (exact) mass is 480 g/mol. The topological polar surface area (TPSA) is 169 Å². The molecule has 12 nitrogen and oxygen atoms in total. The van der Waals surface area contributed by atoms with Gasteiger partial charge in [-0.05, 0) is 12.1 Å². The van der Waals surface area contributed by atoms with Crippen LogP contribution in [0.4, 0.5) is 11.4 Å². The summed E-state index contributed by atoms with van der Waals surface area (Å²) in [7, 11) is 0. The number of nitrogens with one attached hydrogen (secondary N) is 2. The average molecular weight is 481 g/mol. The molecule has 0 heterocycles. The van der Waals surface area contributed by atoms with Crippen LogP contribution in [0, 0.1) is 20.2 Å². The molecule has 0 radical (unpaired) electrons. The molecule has 0 aliphatic rings. The Bertz CT molecular complexity index is 1030. The van der Waals surface area contributed by atoms with E-state index < -0.39 is 21.7 Å². The third-order valence-electron chi connectivity index (χ3n) is 3.75. The van der Waals surface area contributed by atoms with Crippen molar-refractivity contribution in [3.8, 4) is 0 Å². The van der Waals surface area contributed by atoms with Crippen molar-refractivity contribution in [1.29, 1.82) is 0 Å². The normalized spacial score (nSPS) is 10.9. The molecule has 2 N–H and O–H groups in total. The van der Waals surface area contributed by atoms with Gasteiger partial charge in [-0.2, -0.15) is 10.2 Å². The van der Waals surface area contributed by atoms with Crippen LogP contribution in [0.15, 0.2) is 46.6 Å². The number of hydrogen-bond donors (Lipinski definition) is 2. The summed E-state index contributed by atoms with van der Waals surface area (Å²) in [4.78, 5) is 43.9. The number of nitro benzene ring substituents is 2. The molecule has 2 amide bonds. The molecule has 0 aliphatic heterocycles. The third-order valence-corrected chi connectivity index (χ3v) is 4.43. The van der Waals surface area contributed by atoms with Gasteiger partial charge >= 0.3 is 0 Å². The van der Waals surface area contributed by atoms with Gasteiger partial charge in [0, 0.05) is 58.3 Å². The Morgan fingerprint density at radius 1 is 0.812 bits per heavy atom. The van der Waals surface area contributed by atoms with Gasteiger partial charge in [-0.1, -0.05) is 23.2 Å². The first-order valence-electron chi connectivity index (χ1n) is 8.69. The van der Waals surface area contributed by atoms with E-state index in [9.17, 15) is 29.8 Å². The van der Waals surface area contributed by atoms with Gasteiger partial charge in [-0.25, -0.2) is 10.9 Å². The van der Waals surface area contributed by atoms with E-state index in [4.69, 9.17) is 23.2 Å². The van der Waals surface area contributed by atoms with E-state index >= 15 is 0 Å². The number of hydrogen-bond acceptors (Lipinski definition) is 8. The highest BCUT2D eigenvalue weighted by molar-refractivity contribution is 6.33. The number of benzene rings is 2. The van der Waals surface area contributed by atoms with Crippen molar-refractivity contribution in [3.05, 3.63) is 77.8 Å². The Hall–Kier alpha value is -3.90. The van der Waals surface area contributed by atoms with Gasteiger partial charge in [-0.15, -0.1) is 0 Å². The van der Waals surface area contributed by atoms with Crippen LogP contribution in [0.1, 0.15) is 24.0 Å². The molecular formula is C18H14Cl2N6O6. The van der Waals surface area contributed by atoms with Crippen molar-refractivity contribution in [2.75, 3.05) is 0 Å². The van der Waals surface area contributed by atoms with Crippen LogP contribution >= 0.6 is 23.2 Å². The minimum Gasteiger partial charge on any atom is -0.273 e. The van der Waals surface area contributed by atoms with E-state index in [2.05, 4.69) is 21.1 Å². The van der Waals surface area contributed by atoms with Crippen molar-refractivity contribution >= 4 is 58.8 Å². The zero-order valence-corrected chi connectivity index (χ0v) is 17.5. The average Bonchev–Trinajstić information content (AvgIpc) is 2.74. The number of nitro groups is 2. The summed E-state index contributed by atoms with van der Waals surface area (Å²) in [5.74, 6) is -1.19. The Labute approximate surface area is 190 Å². The lowest BCUT2D eigenvalue weighted by Gasteiger charge is -2.01. The molecule has 32 heavy (non-hydrogen) atoms. The van der Waals surface area contributed by atoms with Gasteiger partial charge < -0.3 is 0 Å². The maximum Gasteiger partial charge on any atom is 0.270 e. The minimum atomic E-state index is -0.597. The first kappa shape index (κ1) is 24.4. The van der Waals surface area contributed by atoms with Crippen molar-refractivity contribution < 1.29 is 19.4 Å². The number of halogens is 2. The van der Waals surface area contributed by atoms with Gasteiger partial charge in [0.15, 0.2) is 0 Å². The van der Waals surface area contributed by atoms with Crippen LogP contribution in [0.2, 0.25) is 10.0 Å². The zero-order valence-electron chi connectivity index (χ0n) is 16.0. The van der Waals surface area contributed by atoms with Gasteiger partial charge in [0.2, 0.25) is 11.8 Å². The van der Waals surface area contributed by atoms with Gasteiger partial charge in [0.25, 0.3) is 11.4 Å².